The largest absolute Gasteiger partial charge is 1.00 e. The van der Waals surface area contributed by atoms with E-state index in [1.165, 1.54) is 0 Å². The van der Waals surface area contributed by atoms with Crippen molar-refractivity contribution in [1.29, 1.82) is 0 Å². The van der Waals surface area contributed by atoms with Crippen LogP contribution in [0.4, 0.5) is 4.79 Å². The molecule has 1 saturated heterocycles. The van der Waals surface area contributed by atoms with E-state index >= 15 is 0 Å². The van der Waals surface area contributed by atoms with Crippen molar-refractivity contribution in [3.05, 3.63) is 71.8 Å². The van der Waals surface area contributed by atoms with E-state index in [4.69, 9.17) is 0 Å². The molecular formula is C16H13N2Na2O6P. The van der Waals surface area contributed by atoms with Crippen LogP contribution in [-0.2, 0) is 19.4 Å². The van der Waals surface area contributed by atoms with E-state index < -0.39 is 32.0 Å². The van der Waals surface area contributed by atoms with Crippen LogP contribution in [0.3, 0.4) is 0 Å². The summed E-state index contributed by atoms with van der Waals surface area (Å²) >= 11 is 0. The summed E-state index contributed by atoms with van der Waals surface area (Å²) in [4.78, 5) is 47.2. The van der Waals surface area contributed by atoms with Crippen LogP contribution < -0.4 is 74.2 Å². The second-order valence-electron chi connectivity index (χ2n) is 5.35. The Labute approximate surface area is 200 Å². The van der Waals surface area contributed by atoms with Crippen LogP contribution in [0.2, 0.25) is 0 Å². The number of nitrogens with zero attached hydrogens (tertiary/aromatic N) is 1. The quantitative estimate of drug-likeness (QED) is 0.300. The van der Waals surface area contributed by atoms with Gasteiger partial charge >= 0.3 is 65.1 Å². The predicted molar refractivity (Wildman–Crippen MR) is 82.6 cm³/mol. The number of carbonyl (C=O) groups is 2. The molecule has 1 aliphatic heterocycles. The standard InChI is InChI=1S/C16H15N2O6P.2Na/c19-14-16(12-7-3-1-4-8-12,13-9-5-2-6-10-13)17-15(20)18(14)11-24-25(21,22)23;;/h1-10H,11H2,(H,17,20)(H2,21,22,23);;/q;2*+1/p-2. The second kappa shape index (κ2) is 9.80. The Kier molecular flexibility index (Phi) is 8.91. The molecule has 130 valence electrons. The summed E-state index contributed by atoms with van der Waals surface area (Å²) in [6.07, 6.45) is 0. The minimum atomic E-state index is -5.33. The molecule has 11 heteroatoms. The zero-order valence-corrected chi connectivity index (χ0v) is 19.7. The Morgan fingerprint density at radius 2 is 1.37 bits per heavy atom. The average molecular weight is 406 g/mol. The van der Waals surface area contributed by atoms with Crippen LogP contribution in [-0.4, -0.2) is 23.6 Å². The number of nitrogens with one attached hydrogen (secondary N) is 1. The molecule has 1 heterocycles. The molecule has 0 aromatic heterocycles. The molecule has 0 radical (unpaired) electrons. The summed E-state index contributed by atoms with van der Waals surface area (Å²) in [5.41, 5.74) is -0.539. The Morgan fingerprint density at radius 3 is 1.78 bits per heavy atom. The molecule has 0 unspecified atom stereocenters. The maximum Gasteiger partial charge on any atom is 1.00 e. The number of phosphoric ester groups is 1. The first kappa shape index (κ1) is 24.5. The number of rotatable bonds is 5. The van der Waals surface area contributed by atoms with Crippen molar-refractivity contribution in [3.8, 4) is 0 Å². The molecule has 0 bridgehead atoms. The van der Waals surface area contributed by atoms with E-state index in [2.05, 4.69) is 9.84 Å². The topological polar surface area (TPSA) is 122 Å². The minimum Gasteiger partial charge on any atom is -0.790 e. The van der Waals surface area contributed by atoms with Crippen molar-refractivity contribution in [1.82, 2.24) is 10.2 Å². The van der Waals surface area contributed by atoms with E-state index in [-0.39, 0.29) is 59.1 Å². The van der Waals surface area contributed by atoms with Gasteiger partial charge < -0.3 is 24.2 Å². The van der Waals surface area contributed by atoms with Crippen molar-refractivity contribution in [3.63, 3.8) is 0 Å². The predicted octanol–water partition coefficient (Wildman–Crippen LogP) is -5.71. The fourth-order valence-electron chi connectivity index (χ4n) is 2.76. The number of phosphoric acid groups is 1. The summed E-state index contributed by atoms with van der Waals surface area (Å²) in [5.74, 6) is -0.733. The monoisotopic (exact) mass is 406 g/mol. The summed E-state index contributed by atoms with van der Waals surface area (Å²) in [6.45, 7) is -0.976. The van der Waals surface area contributed by atoms with Gasteiger partial charge in [0.25, 0.3) is 5.91 Å². The van der Waals surface area contributed by atoms with Crippen molar-refractivity contribution in [2.24, 2.45) is 0 Å². The first-order valence-electron chi connectivity index (χ1n) is 7.26. The van der Waals surface area contributed by atoms with Crippen LogP contribution >= 0.6 is 7.82 Å². The Bertz CT molecular complexity index is 807. The third-order valence-electron chi connectivity index (χ3n) is 3.86. The second-order valence-corrected chi connectivity index (χ2v) is 6.50. The maximum atomic E-state index is 13.0. The molecule has 8 nitrogen and oxygen atoms in total. The molecule has 3 rings (SSSR count). The van der Waals surface area contributed by atoms with Crippen LogP contribution in [0.25, 0.3) is 0 Å². The molecule has 0 spiro atoms. The smallest absolute Gasteiger partial charge is 0.790 e. The summed E-state index contributed by atoms with van der Waals surface area (Å²) in [6, 6.07) is 16.2. The first-order valence-corrected chi connectivity index (χ1v) is 8.72. The molecule has 1 N–H and O–H groups in total. The van der Waals surface area contributed by atoms with Gasteiger partial charge in [-0.1, -0.05) is 60.7 Å². The third-order valence-corrected chi connectivity index (χ3v) is 4.30. The van der Waals surface area contributed by atoms with E-state index in [0.29, 0.717) is 16.0 Å². The Balaban J connectivity index is 0.00000182. The fraction of sp³-hybridized carbons (Fsp3) is 0.125. The Morgan fingerprint density at radius 1 is 0.926 bits per heavy atom. The van der Waals surface area contributed by atoms with Crippen molar-refractivity contribution in [2.75, 3.05) is 6.73 Å². The van der Waals surface area contributed by atoms with Gasteiger partial charge in [0, 0.05) is 0 Å². The summed E-state index contributed by atoms with van der Waals surface area (Å²) in [7, 11) is -5.33. The molecule has 3 amide bonds. The van der Waals surface area contributed by atoms with E-state index in [1.807, 2.05) is 0 Å². The van der Waals surface area contributed by atoms with Gasteiger partial charge in [-0.05, 0) is 11.1 Å². The first-order chi connectivity index (χ1) is 11.8. The number of imide groups is 1. The number of urea groups is 1. The maximum absolute atomic E-state index is 13.0. The minimum absolute atomic E-state index is 0. The van der Waals surface area contributed by atoms with E-state index in [0.717, 1.165) is 0 Å². The SMILES string of the molecule is O=C1NC(c2ccccc2)(c2ccccc2)C(=O)N1COP(=O)([O-])[O-].[Na+].[Na+]. The normalized spacial score (nSPS) is 15.6. The molecule has 0 saturated carbocycles. The van der Waals surface area contributed by atoms with Gasteiger partial charge in [-0.2, -0.15) is 0 Å². The summed E-state index contributed by atoms with van der Waals surface area (Å²) < 4.78 is 14.8. The number of benzene rings is 2. The van der Waals surface area contributed by atoms with E-state index in [1.54, 1.807) is 60.7 Å². The van der Waals surface area contributed by atoms with Crippen LogP contribution in [0.5, 0.6) is 0 Å². The summed E-state index contributed by atoms with van der Waals surface area (Å²) in [5, 5.41) is 2.60. The fourth-order valence-corrected chi connectivity index (χ4v) is 3.01. The molecule has 27 heavy (non-hydrogen) atoms. The molecule has 2 aromatic rings. The van der Waals surface area contributed by atoms with Gasteiger partial charge in [-0.15, -0.1) is 0 Å². The number of hydrogen-bond donors (Lipinski definition) is 1. The molecule has 0 aliphatic carbocycles. The van der Waals surface area contributed by atoms with Gasteiger partial charge in [0.05, 0.1) is 7.82 Å². The van der Waals surface area contributed by atoms with Gasteiger partial charge in [-0.3, -0.25) is 4.79 Å². The molecular weight excluding hydrogens is 393 g/mol. The van der Waals surface area contributed by atoms with Crippen molar-refractivity contribution < 1.29 is 87.6 Å². The van der Waals surface area contributed by atoms with Crippen molar-refractivity contribution in [2.45, 2.75) is 5.54 Å². The van der Waals surface area contributed by atoms with E-state index in [9.17, 15) is 23.9 Å². The molecule has 2 aromatic carbocycles. The van der Waals surface area contributed by atoms with Gasteiger partial charge in [0.1, 0.15) is 6.73 Å². The Hall–Kier alpha value is -0.510. The third kappa shape index (κ3) is 5.10. The number of amides is 3. The zero-order chi connectivity index (χ0) is 18.1. The zero-order valence-electron chi connectivity index (χ0n) is 14.8. The van der Waals surface area contributed by atoms with Gasteiger partial charge in [0.2, 0.25) is 0 Å². The average Bonchev–Trinajstić information content (AvgIpc) is 2.85. The number of carbonyl (C=O) groups excluding carboxylic acids is 2. The van der Waals surface area contributed by atoms with Gasteiger partial charge in [-0.25, -0.2) is 9.69 Å². The molecule has 0 atom stereocenters. The van der Waals surface area contributed by atoms with Gasteiger partial charge in [0.15, 0.2) is 5.54 Å². The van der Waals surface area contributed by atoms with Crippen LogP contribution in [0.1, 0.15) is 11.1 Å². The van der Waals surface area contributed by atoms with Crippen molar-refractivity contribution >= 4 is 19.8 Å². The van der Waals surface area contributed by atoms with Crippen LogP contribution in [0, 0.1) is 0 Å². The van der Waals surface area contributed by atoms with Crippen LogP contribution in [0.15, 0.2) is 60.7 Å². The number of hydrogen-bond acceptors (Lipinski definition) is 6. The molecule has 1 aliphatic rings. The molecule has 1 fully saturated rings.